The van der Waals surface area contributed by atoms with Crippen LogP contribution in [0.1, 0.15) is 54.1 Å². The van der Waals surface area contributed by atoms with Gasteiger partial charge < -0.3 is 19.3 Å². The number of aliphatic hydroxyl groups excluding tert-OH is 1. The van der Waals surface area contributed by atoms with E-state index < -0.39 is 45.9 Å². The van der Waals surface area contributed by atoms with Crippen molar-refractivity contribution in [1.82, 2.24) is 14.5 Å². The number of esters is 1. The third-order valence-corrected chi connectivity index (χ3v) is 7.50. The molecule has 1 aliphatic rings. The minimum Gasteiger partial charge on any atom is -0.462 e. The Morgan fingerprint density at radius 2 is 1.95 bits per heavy atom. The Kier molecular flexibility index (Phi) is 6.97. The number of halogens is 3. The molecule has 2 aromatic heterocycles. The number of benzene rings is 1. The van der Waals surface area contributed by atoms with Crippen LogP contribution in [0.5, 0.6) is 0 Å². The number of carbonyl (C=O) groups excluding carboxylic acids is 1. The van der Waals surface area contributed by atoms with Gasteiger partial charge in [0.1, 0.15) is 5.56 Å². The summed E-state index contributed by atoms with van der Waals surface area (Å²) in [7, 11) is -3.61. The average Bonchev–Trinajstić information content (AvgIpc) is 3.18. The summed E-state index contributed by atoms with van der Waals surface area (Å²) in [6.07, 6.45) is -2.99. The maximum Gasteiger partial charge on any atom is 0.434 e. The van der Waals surface area contributed by atoms with Gasteiger partial charge in [-0.15, -0.1) is 0 Å². The van der Waals surface area contributed by atoms with E-state index in [0.29, 0.717) is 17.4 Å². The van der Waals surface area contributed by atoms with Gasteiger partial charge in [0.25, 0.3) is 0 Å². The molecule has 0 spiro atoms. The second-order valence-corrected chi connectivity index (χ2v) is 11.2. The standard InChI is InChI=1S/C24H27F3N4O5S/c1-5-36-22(33)16-11-28-23(29-21(16)24(25,26)27)31-7-6-30-17-10-19(37(4,34)35)15(12-32)8-14(17)9-18(30)20(31)13(2)3/h8-11,13,20,32H,5-7,12H2,1-4H3. The van der Waals surface area contributed by atoms with Crippen LogP contribution >= 0.6 is 0 Å². The Morgan fingerprint density at radius 3 is 2.51 bits per heavy atom. The molecular formula is C24H27F3N4O5S. The molecule has 1 unspecified atom stereocenters. The third-order valence-electron chi connectivity index (χ3n) is 6.32. The number of nitrogens with zero attached hydrogens (tertiary/aromatic N) is 4. The summed E-state index contributed by atoms with van der Waals surface area (Å²) >= 11 is 0. The average molecular weight is 541 g/mol. The lowest BCUT2D eigenvalue weighted by molar-refractivity contribution is -0.141. The zero-order valence-corrected chi connectivity index (χ0v) is 21.5. The number of carbonyl (C=O) groups is 1. The van der Waals surface area contributed by atoms with Crippen molar-refractivity contribution in [1.29, 1.82) is 0 Å². The summed E-state index contributed by atoms with van der Waals surface area (Å²) in [5.41, 5.74) is -0.460. The van der Waals surface area contributed by atoms with E-state index in [1.54, 1.807) is 11.0 Å². The smallest absolute Gasteiger partial charge is 0.434 e. The molecule has 0 amide bonds. The largest absolute Gasteiger partial charge is 0.462 e. The molecular weight excluding hydrogens is 513 g/mol. The van der Waals surface area contributed by atoms with E-state index in [9.17, 15) is 31.5 Å². The van der Waals surface area contributed by atoms with Crippen molar-refractivity contribution in [3.63, 3.8) is 0 Å². The SMILES string of the molecule is CCOC(=O)c1cnc(N2CCn3c(cc4cc(CO)c(S(C)(=O)=O)cc43)C2C(C)C)nc1C(F)(F)F. The van der Waals surface area contributed by atoms with Crippen molar-refractivity contribution in [2.45, 2.75) is 51.0 Å². The molecule has 13 heteroatoms. The normalized spacial score (nSPS) is 16.4. The van der Waals surface area contributed by atoms with E-state index in [4.69, 9.17) is 4.74 Å². The molecule has 0 radical (unpaired) electrons. The van der Waals surface area contributed by atoms with Gasteiger partial charge in [-0.3, -0.25) is 0 Å². The number of hydrogen-bond acceptors (Lipinski definition) is 8. The zero-order chi connectivity index (χ0) is 27.3. The van der Waals surface area contributed by atoms with Crippen LogP contribution in [-0.2, 0) is 33.9 Å². The summed E-state index contributed by atoms with van der Waals surface area (Å²) in [4.78, 5) is 21.7. The molecule has 1 atom stereocenters. The fraction of sp³-hybridized carbons (Fsp3) is 0.458. The molecule has 1 aromatic carbocycles. The first-order valence-corrected chi connectivity index (χ1v) is 13.5. The highest BCUT2D eigenvalue weighted by molar-refractivity contribution is 7.90. The maximum absolute atomic E-state index is 13.8. The van der Waals surface area contributed by atoms with Crippen LogP contribution < -0.4 is 4.90 Å². The Labute approximate surface area is 211 Å². The highest BCUT2D eigenvalue weighted by Crippen LogP contribution is 2.40. The van der Waals surface area contributed by atoms with Gasteiger partial charge in [0, 0.05) is 42.1 Å². The summed E-state index contributed by atoms with van der Waals surface area (Å²) in [5.74, 6) is -1.43. The van der Waals surface area contributed by atoms with Gasteiger partial charge in [0.15, 0.2) is 15.5 Å². The lowest BCUT2D eigenvalue weighted by Gasteiger charge is -2.39. The highest BCUT2D eigenvalue weighted by Gasteiger charge is 2.40. The minimum atomic E-state index is -4.90. The van der Waals surface area contributed by atoms with E-state index >= 15 is 0 Å². The Balaban J connectivity index is 1.86. The molecule has 200 valence electrons. The van der Waals surface area contributed by atoms with Crippen LogP contribution in [0.4, 0.5) is 19.1 Å². The summed E-state index contributed by atoms with van der Waals surface area (Å²) < 4.78 is 72.8. The van der Waals surface area contributed by atoms with Gasteiger partial charge in [-0.25, -0.2) is 23.2 Å². The number of aliphatic hydroxyl groups is 1. The second-order valence-electron chi connectivity index (χ2n) is 9.20. The Hall–Kier alpha value is -3.19. The third kappa shape index (κ3) is 4.89. The first kappa shape index (κ1) is 26.9. The topological polar surface area (TPSA) is 115 Å². The van der Waals surface area contributed by atoms with Crippen LogP contribution in [0.25, 0.3) is 10.9 Å². The van der Waals surface area contributed by atoms with Crippen molar-refractivity contribution >= 4 is 32.7 Å². The minimum absolute atomic E-state index is 0.0274. The van der Waals surface area contributed by atoms with Crippen molar-refractivity contribution in [2.75, 3.05) is 24.3 Å². The molecule has 0 bridgehead atoms. The molecule has 3 aromatic rings. The van der Waals surface area contributed by atoms with E-state index in [1.165, 1.54) is 13.0 Å². The number of alkyl halides is 3. The molecule has 9 nitrogen and oxygen atoms in total. The fourth-order valence-electron chi connectivity index (χ4n) is 4.84. The van der Waals surface area contributed by atoms with Crippen LogP contribution in [0.15, 0.2) is 29.3 Å². The molecule has 1 N–H and O–H groups in total. The van der Waals surface area contributed by atoms with E-state index in [1.807, 2.05) is 24.5 Å². The van der Waals surface area contributed by atoms with Gasteiger partial charge >= 0.3 is 12.1 Å². The molecule has 37 heavy (non-hydrogen) atoms. The molecule has 1 aliphatic heterocycles. The van der Waals surface area contributed by atoms with Crippen LogP contribution in [0, 0.1) is 5.92 Å². The predicted octanol–water partition coefficient (Wildman–Crippen LogP) is 3.74. The lowest BCUT2D eigenvalue weighted by Crippen LogP contribution is -2.41. The maximum atomic E-state index is 13.8. The Bertz CT molecular complexity index is 1470. The number of hydrogen-bond donors (Lipinski definition) is 1. The Morgan fingerprint density at radius 1 is 1.24 bits per heavy atom. The van der Waals surface area contributed by atoms with Gasteiger partial charge in [0.05, 0.1) is 24.2 Å². The zero-order valence-electron chi connectivity index (χ0n) is 20.7. The number of aromatic nitrogens is 3. The number of fused-ring (bicyclic) bond motifs is 3. The number of sulfone groups is 1. The fourth-order valence-corrected chi connectivity index (χ4v) is 5.76. The predicted molar refractivity (Wildman–Crippen MR) is 129 cm³/mol. The quantitative estimate of drug-likeness (QED) is 0.471. The van der Waals surface area contributed by atoms with Crippen LogP contribution in [-0.4, -0.2) is 53.4 Å². The molecule has 0 fully saturated rings. The summed E-state index contributed by atoms with van der Waals surface area (Å²) in [6, 6.07) is 4.54. The van der Waals surface area contributed by atoms with Crippen molar-refractivity contribution < 1.29 is 36.2 Å². The van der Waals surface area contributed by atoms with Gasteiger partial charge in [-0.2, -0.15) is 13.2 Å². The molecule has 0 saturated heterocycles. The van der Waals surface area contributed by atoms with Crippen LogP contribution in [0.3, 0.4) is 0 Å². The van der Waals surface area contributed by atoms with Crippen LogP contribution in [0.2, 0.25) is 0 Å². The monoisotopic (exact) mass is 540 g/mol. The van der Waals surface area contributed by atoms with Gasteiger partial charge in [0.2, 0.25) is 5.95 Å². The molecule has 0 aliphatic carbocycles. The summed E-state index contributed by atoms with van der Waals surface area (Å²) in [6.45, 7) is 5.32. The summed E-state index contributed by atoms with van der Waals surface area (Å²) in [5, 5.41) is 10.4. The first-order valence-electron chi connectivity index (χ1n) is 11.6. The van der Waals surface area contributed by atoms with Gasteiger partial charge in [-0.05, 0) is 36.6 Å². The lowest BCUT2D eigenvalue weighted by atomic mass is 9.97. The highest BCUT2D eigenvalue weighted by atomic mass is 32.2. The van der Waals surface area contributed by atoms with Crippen molar-refractivity contribution in [3.8, 4) is 0 Å². The van der Waals surface area contributed by atoms with E-state index in [-0.39, 0.29) is 35.5 Å². The van der Waals surface area contributed by atoms with Crippen molar-refractivity contribution in [2.24, 2.45) is 5.92 Å². The number of rotatable bonds is 6. The van der Waals surface area contributed by atoms with E-state index in [2.05, 4.69) is 9.97 Å². The second kappa shape index (κ2) is 9.60. The van der Waals surface area contributed by atoms with Gasteiger partial charge in [-0.1, -0.05) is 13.8 Å². The number of anilines is 1. The molecule has 3 heterocycles. The number of ether oxygens (including phenoxy) is 1. The van der Waals surface area contributed by atoms with Crippen molar-refractivity contribution in [3.05, 3.63) is 46.9 Å². The first-order chi connectivity index (χ1) is 17.3. The molecule has 0 saturated carbocycles. The molecule has 4 rings (SSSR count). The van der Waals surface area contributed by atoms with E-state index in [0.717, 1.165) is 18.1 Å².